The van der Waals surface area contributed by atoms with Crippen molar-refractivity contribution in [3.05, 3.63) is 24.3 Å². The number of aliphatic hydroxyl groups excluding tert-OH is 1. The van der Waals surface area contributed by atoms with Gasteiger partial charge < -0.3 is 57.8 Å². The molecule has 2 fully saturated rings. The lowest BCUT2D eigenvalue weighted by Gasteiger charge is -2.50. The SMILES string of the molecule is CCC(=O)O[C@@H]1CC(=O)O[C@H](C)C/C=C/C=C/C(=O)[C@H](C)C[C@H](CC=O)[C@H](O[C@@H]2O[C@H](C)[C@@H](O[C@H]3C[C@@](C)(O)[C@@H](OC(=O)CC)[C@H](C)O3)[C@H](N(C)C)[C@H]2O)[C@H]1OC. The molecular formula is C41H65NO15. The standard InChI is InChI=1S/C41H65NO15/c1-11-30(45)54-29-21-32(47)51-24(4)16-14-13-15-17-28(44)23(3)20-27(18-19-43)37(38(29)50-10)57-40-35(48)34(42(8)9)36(25(5)53-40)56-33-22-41(7,49)39(26(6)52-33)55-31(46)12-2/h13-15,17,19,23-27,29,33-40,48-49H,11-12,16,18,20-22H2,1-10H3/b14-13+,17-15+/t23-,24-,25-,26+,27+,29-,33+,34-,35-,36-,37+,38+,39+,40+,41-/m1/s1. The number of hydrogen-bond donors (Lipinski definition) is 2. The maximum Gasteiger partial charge on any atom is 0.309 e. The van der Waals surface area contributed by atoms with Crippen molar-refractivity contribution >= 4 is 30.0 Å². The van der Waals surface area contributed by atoms with Gasteiger partial charge in [-0.05, 0) is 60.2 Å². The highest BCUT2D eigenvalue weighted by Gasteiger charge is 2.53. The molecule has 0 saturated carbocycles. The molecule has 0 unspecified atom stereocenters. The maximum atomic E-state index is 13.3. The van der Waals surface area contributed by atoms with E-state index in [0.29, 0.717) is 12.7 Å². The fourth-order valence-electron chi connectivity index (χ4n) is 7.72. The molecule has 2 N–H and O–H groups in total. The summed E-state index contributed by atoms with van der Waals surface area (Å²) in [7, 11) is 4.83. The van der Waals surface area contributed by atoms with Crippen LogP contribution >= 0.6 is 0 Å². The Morgan fingerprint density at radius 3 is 2.23 bits per heavy atom. The molecule has 0 aromatic rings. The van der Waals surface area contributed by atoms with Crippen molar-refractivity contribution in [3.63, 3.8) is 0 Å². The Morgan fingerprint density at radius 1 is 0.965 bits per heavy atom. The van der Waals surface area contributed by atoms with E-state index in [1.54, 1.807) is 85.7 Å². The molecule has 3 rings (SSSR count). The molecular weight excluding hydrogens is 746 g/mol. The monoisotopic (exact) mass is 811 g/mol. The predicted molar refractivity (Wildman–Crippen MR) is 204 cm³/mol. The largest absolute Gasteiger partial charge is 0.462 e. The lowest BCUT2D eigenvalue weighted by molar-refractivity contribution is -0.344. The third kappa shape index (κ3) is 13.5. The van der Waals surface area contributed by atoms with Gasteiger partial charge in [0.05, 0.1) is 30.8 Å². The van der Waals surface area contributed by atoms with Crippen molar-refractivity contribution in [1.29, 1.82) is 0 Å². The van der Waals surface area contributed by atoms with E-state index in [1.807, 2.05) is 0 Å². The number of nitrogens with zero attached hydrogens (tertiary/aromatic N) is 1. The number of ketones is 1. The number of aldehydes is 1. The minimum Gasteiger partial charge on any atom is -0.462 e. The zero-order chi connectivity index (χ0) is 42.6. The molecule has 0 spiro atoms. The van der Waals surface area contributed by atoms with Crippen molar-refractivity contribution in [1.82, 2.24) is 4.90 Å². The van der Waals surface area contributed by atoms with Crippen LogP contribution in [0.5, 0.6) is 0 Å². The van der Waals surface area contributed by atoms with Crippen LogP contribution in [-0.2, 0) is 61.9 Å². The first-order valence-corrected chi connectivity index (χ1v) is 20.0. The van der Waals surface area contributed by atoms with Crippen molar-refractivity contribution < 1.29 is 72.1 Å². The molecule has 15 atom stereocenters. The highest BCUT2D eigenvalue weighted by molar-refractivity contribution is 5.91. The summed E-state index contributed by atoms with van der Waals surface area (Å²) in [6, 6.07) is -0.793. The third-order valence-corrected chi connectivity index (χ3v) is 10.7. The highest BCUT2D eigenvalue weighted by Crippen LogP contribution is 2.37. The van der Waals surface area contributed by atoms with Gasteiger partial charge in [-0.2, -0.15) is 0 Å². The number of allylic oxidation sites excluding steroid dienone is 3. The molecule has 0 aromatic carbocycles. The molecule has 0 bridgehead atoms. The number of carbonyl (C=O) groups excluding carboxylic acids is 5. The number of likely N-dealkylation sites (N-methyl/N-ethyl adjacent to an activating group) is 1. The summed E-state index contributed by atoms with van der Waals surface area (Å²) in [6.07, 6.45) is -4.01. The summed E-state index contributed by atoms with van der Waals surface area (Å²) < 4.78 is 48.4. The Labute approximate surface area is 336 Å². The molecule has 16 heteroatoms. The normalized spacial score (nSPS) is 39.8. The van der Waals surface area contributed by atoms with E-state index in [1.165, 1.54) is 13.2 Å². The number of methoxy groups -OCH3 is 1. The van der Waals surface area contributed by atoms with Crippen molar-refractivity contribution in [2.45, 2.75) is 173 Å². The number of carbonyl (C=O) groups is 5. The first-order chi connectivity index (χ1) is 26.9. The van der Waals surface area contributed by atoms with Gasteiger partial charge >= 0.3 is 17.9 Å². The summed E-state index contributed by atoms with van der Waals surface area (Å²) in [5.74, 6) is -3.31. The molecule has 0 radical (unpaired) electrons. The van der Waals surface area contributed by atoms with Crippen LogP contribution in [0.3, 0.4) is 0 Å². The van der Waals surface area contributed by atoms with Crippen LogP contribution in [0.15, 0.2) is 24.3 Å². The zero-order valence-electron chi connectivity index (χ0n) is 35.1. The molecule has 324 valence electrons. The van der Waals surface area contributed by atoms with Gasteiger partial charge in [0, 0.05) is 45.1 Å². The number of ether oxygens (including phenoxy) is 8. The quantitative estimate of drug-likeness (QED) is 0.165. The van der Waals surface area contributed by atoms with E-state index in [9.17, 15) is 34.2 Å². The molecule has 0 amide bonds. The Hall–Kier alpha value is -3.09. The second-order valence-electron chi connectivity index (χ2n) is 15.8. The minimum absolute atomic E-state index is 0.0122. The van der Waals surface area contributed by atoms with Crippen LogP contribution in [0.2, 0.25) is 0 Å². The van der Waals surface area contributed by atoms with E-state index in [4.69, 9.17) is 37.9 Å². The van der Waals surface area contributed by atoms with Gasteiger partial charge in [-0.25, -0.2) is 0 Å². The Morgan fingerprint density at radius 2 is 1.63 bits per heavy atom. The molecule has 0 aliphatic carbocycles. The average molecular weight is 812 g/mol. The molecule has 0 aromatic heterocycles. The van der Waals surface area contributed by atoms with Crippen molar-refractivity contribution in [2.75, 3.05) is 21.2 Å². The summed E-state index contributed by atoms with van der Waals surface area (Å²) in [5.41, 5.74) is -1.50. The number of aliphatic hydroxyl groups is 2. The molecule has 3 heterocycles. The van der Waals surface area contributed by atoms with Gasteiger partial charge in [0.2, 0.25) is 0 Å². The van der Waals surface area contributed by atoms with Gasteiger partial charge in [-0.1, -0.05) is 39.0 Å². The highest BCUT2D eigenvalue weighted by atomic mass is 16.7. The van der Waals surface area contributed by atoms with Crippen LogP contribution in [0.4, 0.5) is 0 Å². The number of hydrogen-bond acceptors (Lipinski definition) is 16. The summed E-state index contributed by atoms with van der Waals surface area (Å²) in [4.78, 5) is 65.5. The summed E-state index contributed by atoms with van der Waals surface area (Å²) in [5, 5.41) is 23.4. The van der Waals surface area contributed by atoms with E-state index >= 15 is 0 Å². The van der Waals surface area contributed by atoms with Gasteiger partial charge in [0.25, 0.3) is 0 Å². The van der Waals surface area contributed by atoms with Crippen LogP contribution in [0.25, 0.3) is 0 Å². The lowest BCUT2D eigenvalue weighted by Crippen LogP contribution is -2.66. The molecule has 3 aliphatic rings. The van der Waals surface area contributed by atoms with Gasteiger partial charge in [0.15, 0.2) is 24.5 Å². The summed E-state index contributed by atoms with van der Waals surface area (Å²) in [6.45, 7) is 11.6. The number of esters is 3. The van der Waals surface area contributed by atoms with E-state index in [2.05, 4.69) is 0 Å². The fourth-order valence-corrected chi connectivity index (χ4v) is 7.72. The van der Waals surface area contributed by atoms with Crippen LogP contribution in [0, 0.1) is 11.8 Å². The smallest absolute Gasteiger partial charge is 0.309 e. The van der Waals surface area contributed by atoms with E-state index in [0.717, 1.165) is 0 Å². The minimum atomic E-state index is -1.50. The lowest BCUT2D eigenvalue weighted by atomic mass is 9.83. The zero-order valence-corrected chi connectivity index (χ0v) is 35.1. The molecule has 57 heavy (non-hydrogen) atoms. The van der Waals surface area contributed by atoms with Gasteiger partial charge in [0.1, 0.15) is 42.4 Å². The first-order valence-electron chi connectivity index (χ1n) is 20.0. The Kier molecular flexibility index (Phi) is 18.9. The van der Waals surface area contributed by atoms with Crippen LogP contribution in [0.1, 0.15) is 93.4 Å². The Bertz CT molecular complexity index is 1400. The maximum absolute atomic E-state index is 13.3. The van der Waals surface area contributed by atoms with Gasteiger partial charge in [-0.3, -0.25) is 19.2 Å². The van der Waals surface area contributed by atoms with Crippen molar-refractivity contribution in [2.24, 2.45) is 11.8 Å². The van der Waals surface area contributed by atoms with Crippen LogP contribution < -0.4 is 0 Å². The van der Waals surface area contributed by atoms with E-state index < -0.39 is 115 Å². The fraction of sp³-hybridized carbons (Fsp3) is 0.780. The van der Waals surface area contributed by atoms with Crippen molar-refractivity contribution in [3.8, 4) is 0 Å². The summed E-state index contributed by atoms with van der Waals surface area (Å²) >= 11 is 0. The second kappa shape index (κ2) is 22.3. The molecule has 16 nitrogen and oxygen atoms in total. The predicted octanol–water partition coefficient (Wildman–Crippen LogP) is 2.98. The number of cyclic esters (lactones) is 1. The molecule has 3 aliphatic heterocycles. The first kappa shape index (κ1) is 48.3. The number of rotatable bonds is 12. The Balaban J connectivity index is 2.02. The topological polar surface area (TPSA) is 203 Å². The average Bonchev–Trinajstić information content (AvgIpc) is 3.13. The second-order valence-corrected chi connectivity index (χ2v) is 15.8. The third-order valence-electron chi connectivity index (χ3n) is 10.7. The van der Waals surface area contributed by atoms with Gasteiger partial charge in [-0.15, -0.1) is 0 Å². The van der Waals surface area contributed by atoms with Crippen LogP contribution in [-0.4, -0.2) is 145 Å². The van der Waals surface area contributed by atoms with E-state index in [-0.39, 0.29) is 37.9 Å². The molecule has 2 saturated heterocycles.